The lowest BCUT2D eigenvalue weighted by atomic mass is 9.49. The molecular weight excluding hydrogens is 628 g/mol. The number of benzene rings is 3. The van der Waals surface area contributed by atoms with Crippen molar-refractivity contribution in [1.82, 2.24) is 0 Å². The number of hydrogen-bond donors (Lipinski definition) is 0. The van der Waals surface area contributed by atoms with Crippen molar-refractivity contribution in [2.24, 2.45) is 23.2 Å². The summed E-state index contributed by atoms with van der Waals surface area (Å²) in [6, 6.07) is 23.7. The van der Waals surface area contributed by atoms with E-state index in [0.29, 0.717) is 17.8 Å². The van der Waals surface area contributed by atoms with E-state index in [-0.39, 0.29) is 14.7 Å². The van der Waals surface area contributed by atoms with Gasteiger partial charge in [-0.25, -0.2) is 3.63 Å². The van der Waals surface area contributed by atoms with Gasteiger partial charge in [0.15, 0.2) is 0 Å². The summed E-state index contributed by atoms with van der Waals surface area (Å²) in [6.07, 6.45) is 3.32. The first-order chi connectivity index (χ1) is 21.4. The molecule has 0 atom stereocenters. The van der Waals surface area contributed by atoms with E-state index in [1.807, 2.05) is 0 Å². The lowest BCUT2D eigenvalue weighted by Crippen LogP contribution is -2.50. The Hall–Kier alpha value is -2.89. The standard InChI is InChI=1S/C34H36F4O5S2/c35-33(36,17-10-18-42-31(39)32-22-25-19-26(23-32)21-27(20-25)24-32)34(37,38)45(40,41)43-44(28-11-4-1-5-12-28,29-13-6-2-7-14-29)30-15-8-3-9-16-30/h1-9,11-16,25-27H,10,17-24H2. The molecule has 0 unspecified atom stereocenters. The zero-order chi connectivity index (χ0) is 31.9. The highest BCUT2D eigenvalue weighted by molar-refractivity contribution is 8.33. The first kappa shape index (κ1) is 32.1. The molecule has 0 amide bonds. The molecule has 0 aromatic heterocycles. The molecule has 4 aliphatic rings. The van der Waals surface area contributed by atoms with Crippen molar-refractivity contribution in [3.05, 3.63) is 91.0 Å². The Labute approximate surface area is 263 Å². The zero-order valence-corrected chi connectivity index (χ0v) is 26.3. The average molecular weight is 665 g/mol. The van der Waals surface area contributed by atoms with Gasteiger partial charge in [-0.15, -0.1) is 0 Å². The second-order valence-corrected chi connectivity index (χ2v) is 17.2. The van der Waals surface area contributed by atoms with Crippen molar-refractivity contribution in [3.8, 4) is 0 Å². The Kier molecular flexibility index (Phi) is 8.58. The molecule has 4 fully saturated rings. The maximum absolute atomic E-state index is 15.6. The van der Waals surface area contributed by atoms with Crippen molar-refractivity contribution in [3.63, 3.8) is 0 Å². The van der Waals surface area contributed by atoms with Crippen LogP contribution in [0.5, 0.6) is 0 Å². The van der Waals surface area contributed by atoms with Gasteiger partial charge in [-0.3, -0.25) is 4.79 Å². The van der Waals surface area contributed by atoms with Gasteiger partial charge >= 0.3 is 27.3 Å². The second kappa shape index (κ2) is 12.0. The molecule has 0 N–H and O–H groups in total. The summed E-state index contributed by atoms with van der Waals surface area (Å²) in [7, 11) is -9.72. The summed E-state index contributed by atoms with van der Waals surface area (Å²) in [5, 5.41) is -5.58. The second-order valence-electron chi connectivity index (χ2n) is 12.7. The lowest BCUT2D eigenvalue weighted by molar-refractivity contribution is -0.176. The third kappa shape index (κ3) is 5.80. The summed E-state index contributed by atoms with van der Waals surface area (Å²) in [6.45, 7) is -0.500. The Morgan fingerprint density at radius 1 is 0.711 bits per heavy atom. The number of rotatable bonds is 12. The van der Waals surface area contributed by atoms with Crippen LogP contribution in [0, 0.1) is 23.2 Å². The molecule has 11 heteroatoms. The minimum Gasteiger partial charge on any atom is -0.465 e. The van der Waals surface area contributed by atoms with Crippen molar-refractivity contribution in [1.29, 1.82) is 0 Å². The molecule has 0 saturated heterocycles. The molecule has 5 nitrogen and oxygen atoms in total. The van der Waals surface area contributed by atoms with Crippen LogP contribution in [0.25, 0.3) is 0 Å². The van der Waals surface area contributed by atoms with Crippen molar-refractivity contribution >= 4 is 26.4 Å². The number of ether oxygens (including phenoxy) is 1. The van der Waals surface area contributed by atoms with E-state index in [1.165, 1.54) is 36.4 Å². The quantitative estimate of drug-likeness (QED) is 0.110. The summed E-state index contributed by atoms with van der Waals surface area (Å²) in [5.74, 6) is -4.06. The normalized spacial score (nSPS) is 25.2. The fraction of sp³-hybridized carbons (Fsp3) is 0.441. The van der Waals surface area contributed by atoms with E-state index in [2.05, 4.69) is 0 Å². The monoisotopic (exact) mass is 664 g/mol. The van der Waals surface area contributed by atoms with E-state index in [9.17, 15) is 13.2 Å². The third-order valence-corrected chi connectivity index (χ3v) is 14.8. The van der Waals surface area contributed by atoms with E-state index in [1.54, 1.807) is 54.6 Å². The van der Waals surface area contributed by atoms with Crippen LogP contribution in [-0.4, -0.2) is 32.2 Å². The summed E-state index contributed by atoms with van der Waals surface area (Å²) in [4.78, 5) is 13.8. The van der Waals surface area contributed by atoms with Crippen LogP contribution < -0.4 is 0 Å². The van der Waals surface area contributed by atoms with Crippen LogP contribution in [0.15, 0.2) is 106 Å². The molecule has 242 valence electrons. The summed E-state index contributed by atoms with van der Waals surface area (Å²) >= 11 is 0. The summed E-state index contributed by atoms with van der Waals surface area (Å²) < 4.78 is 99.4. The van der Waals surface area contributed by atoms with E-state index < -0.39 is 62.4 Å². The van der Waals surface area contributed by atoms with E-state index in [0.717, 1.165) is 38.5 Å². The number of halogens is 4. The predicted molar refractivity (Wildman–Crippen MR) is 162 cm³/mol. The molecule has 3 aromatic carbocycles. The minimum atomic E-state index is -6.26. The van der Waals surface area contributed by atoms with Crippen molar-refractivity contribution < 1.29 is 39.1 Å². The van der Waals surface area contributed by atoms with Gasteiger partial charge in [-0.05, 0) is 109 Å². The molecule has 0 heterocycles. The van der Waals surface area contributed by atoms with Gasteiger partial charge < -0.3 is 4.74 Å². The predicted octanol–water partition coefficient (Wildman–Crippen LogP) is 9.00. The summed E-state index contributed by atoms with van der Waals surface area (Å²) in [5.41, 5.74) is -0.614. The van der Waals surface area contributed by atoms with Crippen LogP contribution in [0.2, 0.25) is 0 Å². The number of alkyl halides is 4. The number of carbonyl (C=O) groups excluding carboxylic acids is 1. The SMILES string of the molecule is O=C(OCCCC(F)(F)C(F)(F)S(=O)(=O)OS(c1ccccc1)(c1ccccc1)c1ccccc1)C12CC3CC(CC(C3)C1)C2. The molecule has 7 rings (SSSR count). The molecular formula is C34H36F4O5S2. The molecule has 4 bridgehead atoms. The van der Waals surface area contributed by atoms with Gasteiger partial charge in [-0.2, -0.15) is 26.0 Å². The highest BCUT2D eigenvalue weighted by Gasteiger charge is 2.67. The van der Waals surface area contributed by atoms with E-state index in [4.69, 9.17) is 8.37 Å². The molecule has 0 spiro atoms. The lowest BCUT2D eigenvalue weighted by Gasteiger charge is -2.55. The Bertz CT molecular complexity index is 1470. The van der Waals surface area contributed by atoms with Gasteiger partial charge in [0.05, 0.1) is 12.0 Å². The fourth-order valence-electron chi connectivity index (χ4n) is 7.84. The number of carbonyl (C=O) groups is 1. The largest absolute Gasteiger partial charge is 0.465 e. The molecule has 0 radical (unpaired) electrons. The highest BCUT2D eigenvalue weighted by Crippen LogP contribution is 2.71. The van der Waals surface area contributed by atoms with Gasteiger partial charge in [-0.1, -0.05) is 54.6 Å². The topological polar surface area (TPSA) is 69.7 Å². The van der Waals surface area contributed by atoms with Crippen LogP contribution >= 0.6 is 10.3 Å². The smallest absolute Gasteiger partial charge is 0.432 e. The molecule has 4 aliphatic carbocycles. The Balaban J connectivity index is 1.21. The van der Waals surface area contributed by atoms with Crippen LogP contribution in [0.3, 0.4) is 0 Å². The molecule has 4 saturated carbocycles. The van der Waals surface area contributed by atoms with Gasteiger partial charge in [0.1, 0.15) is 0 Å². The number of esters is 1. The van der Waals surface area contributed by atoms with Crippen molar-refractivity contribution in [2.45, 2.75) is 77.2 Å². The van der Waals surface area contributed by atoms with Gasteiger partial charge in [0.25, 0.3) is 0 Å². The molecule has 3 aromatic rings. The van der Waals surface area contributed by atoms with Crippen molar-refractivity contribution in [2.75, 3.05) is 6.61 Å². The Morgan fingerprint density at radius 2 is 1.11 bits per heavy atom. The molecule has 45 heavy (non-hydrogen) atoms. The van der Waals surface area contributed by atoms with Crippen LogP contribution in [0.1, 0.15) is 51.4 Å². The number of hydrogen-bond acceptors (Lipinski definition) is 5. The van der Waals surface area contributed by atoms with E-state index >= 15 is 17.6 Å². The maximum Gasteiger partial charge on any atom is 0.432 e. The van der Waals surface area contributed by atoms with Crippen LogP contribution in [-0.2, 0) is 23.3 Å². The zero-order valence-electron chi connectivity index (χ0n) is 24.6. The maximum atomic E-state index is 15.6. The minimum absolute atomic E-state index is 0.238. The average Bonchev–Trinajstić information content (AvgIpc) is 3.02. The molecule has 0 aliphatic heterocycles. The fourth-order valence-corrected chi connectivity index (χ4v) is 13.1. The Morgan fingerprint density at radius 3 is 1.51 bits per heavy atom. The highest BCUT2D eigenvalue weighted by atomic mass is 32.3. The first-order valence-electron chi connectivity index (χ1n) is 15.3. The van der Waals surface area contributed by atoms with Gasteiger partial charge in [0.2, 0.25) is 0 Å². The first-order valence-corrected chi connectivity index (χ1v) is 18.2. The third-order valence-electron chi connectivity index (χ3n) is 9.50. The van der Waals surface area contributed by atoms with Crippen LogP contribution in [0.4, 0.5) is 17.6 Å². The van der Waals surface area contributed by atoms with Gasteiger partial charge in [0, 0.05) is 21.1 Å².